The predicted octanol–water partition coefficient (Wildman–Crippen LogP) is 3.57. The molecule has 0 unspecified atom stereocenters. The molecule has 0 atom stereocenters. The highest BCUT2D eigenvalue weighted by atomic mass is 19.1. The highest BCUT2D eigenvalue weighted by molar-refractivity contribution is 5.90. The number of hydrogen-bond donors (Lipinski definition) is 1. The summed E-state index contributed by atoms with van der Waals surface area (Å²) in [7, 11) is 0. The van der Waals surface area contributed by atoms with Gasteiger partial charge in [0.15, 0.2) is 0 Å². The molecule has 0 aliphatic carbocycles. The van der Waals surface area contributed by atoms with Crippen LogP contribution in [0.5, 0.6) is 5.75 Å². The average Bonchev–Trinajstić information content (AvgIpc) is 2.42. The van der Waals surface area contributed by atoms with Crippen molar-refractivity contribution < 1.29 is 18.7 Å². The van der Waals surface area contributed by atoms with E-state index < -0.39 is 6.67 Å². The summed E-state index contributed by atoms with van der Waals surface area (Å²) < 4.78 is 22.6. The molecule has 1 aromatic carbocycles. The molecule has 0 radical (unpaired) electrons. The number of amides is 1. The Morgan fingerprint density at radius 2 is 1.86 bits per heavy atom. The standard InChI is InChI=1S/C16H24FNO3/c1-16(2,3)21-11-4-5-15(19)18-13-6-8-14(9-7-13)20-12-10-17/h6-9H,4-5,10-12H2,1-3H3,(H,18,19). The fraction of sp³-hybridized carbons (Fsp3) is 0.562. The summed E-state index contributed by atoms with van der Waals surface area (Å²) >= 11 is 0. The van der Waals surface area contributed by atoms with Crippen LogP contribution in [0, 0.1) is 0 Å². The van der Waals surface area contributed by atoms with E-state index in [0.29, 0.717) is 30.9 Å². The number of rotatable bonds is 8. The van der Waals surface area contributed by atoms with Crippen molar-refractivity contribution in [3.63, 3.8) is 0 Å². The molecule has 1 rings (SSSR count). The van der Waals surface area contributed by atoms with Crippen molar-refractivity contribution in [1.29, 1.82) is 0 Å². The number of ether oxygens (including phenoxy) is 2. The topological polar surface area (TPSA) is 47.6 Å². The summed E-state index contributed by atoms with van der Waals surface area (Å²) in [4.78, 5) is 11.7. The van der Waals surface area contributed by atoms with Gasteiger partial charge in [-0.1, -0.05) is 0 Å². The molecule has 21 heavy (non-hydrogen) atoms. The molecule has 118 valence electrons. The third kappa shape index (κ3) is 8.30. The quantitative estimate of drug-likeness (QED) is 0.746. The summed E-state index contributed by atoms with van der Waals surface area (Å²) in [5, 5.41) is 2.80. The number of carbonyl (C=O) groups excluding carboxylic acids is 1. The van der Waals surface area contributed by atoms with E-state index in [1.807, 2.05) is 20.8 Å². The molecule has 0 saturated carbocycles. The van der Waals surface area contributed by atoms with Crippen LogP contribution in [0.4, 0.5) is 10.1 Å². The molecular formula is C16H24FNO3. The van der Waals surface area contributed by atoms with Crippen molar-refractivity contribution in [1.82, 2.24) is 0 Å². The van der Waals surface area contributed by atoms with Crippen molar-refractivity contribution >= 4 is 11.6 Å². The molecule has 0 aliphatic rings. The molecule has 1 aromatic rings. The second-order valence-electron chi connectivity index (χ2n) is 5.67. The first kappa shape index (κ1) is 17.4. The van der Waals surface area contributed by atoms with Gasteiger partial charge in [-0.3, -0.25) is 4.79 Å². The predicted molar refractivity (Wildman–Crippen MR) is 81.5 cm³/mol. The maximum atomic E-state index is 12.0. The molecule has 5 heteroatoms. The van der Waals surface area contributed by atoms with Crippen molar-refractivity contribution in [2.75, 3.05) is 25.2 Å². The Labute approximate surface area is 125 Å². The minimum absolute atomic E-state index is 0.0412. The Morgan fingerprint density at radius 3 is 2.43 bits per heavy atom. The number of hydrogen-bond acceptors (Lipinski definition) is 3. The molecule has 4 nitrogen and oxygen atoms in total. The fourth-order valence-corrected chi connectivity index (χ4v) is 1.63. The van der Waals surface area contributed by atoms with E-state index in [4.69, 9.17) is 9.47 Å². The van der Waals surface area contributed by atoms with E-state index >= 15 is 0 Å². The van der Waals surface area contributed by atoms with Gasteiger partial charge >= 0.3 is 0 Å². The summed E-state index contributed by atoms with van der Waals surface area (Å²) in [5.41, 5.74) is 0.524. The average molecular weight is 297 g/mol. The molecule has 1 N–H and O–H groups in total. The van der Waals surface area contributed by atoms with Gasteiger partial charge in [0.1, 0.15) is 19.0 Å². The lowest BCUT2D eigenvalue weighted by Gasteiger charge is -2.19. The minimum Gasteiger partial charge on any atom is -0.491 e. The van der Waals surface area contributed by atoms with Gasteiger partial charge < -0.3 is 14.8 Å². The van der Waals surface area contributed by atoms with Gasteiger partial charge in [0.25, 0.3) is 0 Å². The zero-order valence-corrected chi connectivity index (χ0v) is 12.9. The SMILES string of the molecule is CC(C)(C)OCCCC(=O)Nc1ccc(OCCF)cc1. The van der Waals surface area contributed by atoms with E-state index in [1.54, 1.807) is 24.3 Å². The highest BCUT2D eigenvalue weighted by Gasteiger charge is 2.10. The van der Waals surface area contributed by atoms with E-state index in [2.05, 4.69) is 5.32 Å². The Morgan fingerprint density at radius 1 is 1.19 bits per heavy atom. The van der Waals surface area contributed by atoms with Gasteiger partial charge in [-0.15, -0.1) is 0 Å². The smallest absolute Gasteiger partial charge is 0.224 e. The highest BCUT2D eigenvalue weighted by Crippen LogP contribution is 2.16. The number of alkyl halides is 1. The van der Waals surface area contributed by atoms with Gasteiger partial charge in [-0.05, 0) is 51.5 Å². The largest absolute Gasteiger partial charge is 0.491 e. The second-order valence-corrected chi connectivity index (χ2v) is 5.67. The number of nitrogens with one attached hydrogen (secondary N) is 1. The van der Waals surface area contributed by atoms with E-state index in [0.717, 1.165) is 0 Å². The van der Waals surface area contributed by atoms with Crippen LogP contribution in [0.15, 0.2) is 24.3 Å². The van der Waals surface area contributed by atoms with Crippen molar-refractivity contribution in [2.45, 2.75) is 39.2 Å². The van der Waals surface area contributed by atoms with Gasteiger partial charge in [0, 0.05) is 18.7 Å². The molecular weight excluding hydrogens is 273 g/mol. The zero-order chi connectivity index (χ0) is 15.7. The molecule has 0 spiro atoms. The summed E-state index contributed by atoms with van der Waals surface area (Å²) in [6.45, 7) is 6.04. The lowest BCUT2D eigenvalue weighted by Crippen LogP contribution is -2.20. The lowest BCUT2D eigenvalue weighted by molar-refractivity contribution is -0.116. The van der Waals surface area contributed by atoms with Gasteiger partial charge in [0.2, 0.25) is 5.91 Å². The first-order chi connectivity index (χ1) is 9.90. The summed E-state index contributed by atoms with van der Waals surface area (Å²) in [6, 6.07) is 6.87. The first-order valence-electron chi connectivity index (χ1n) is 7.13. The van der Waals surface area contributed by atoms with Crippen LogP contribution in [0.1, 0.15) is 33.6 Å². The Hall–Kier alpha value is -1.62. The molecule has 1 amide bonds. The zero-order valence-electron chi connectivity index (χ0n) is 12.9. The second kappa shape index (κ2) is 8.62. The van der Waals surface area contributed by atoms with Crippen molar-refractivity contribution in [2.24, 2.45) is 0 Å². The van der Waals surface area contributed by atoms with Crippen LogP contribution in [-0.4, -0.2) is 31.4 Å². The molecule has 0 aliphatic heterocycles. The van der Waals surface area contributed by atoms with Crippen molar-refractivity contribution in [3.05, 3.63) is 24.3 Å². The minimum atomic E-state index is -0.519. The van der Waals surface area contributed by atoms with Crippen LogP contribution >= 0.6 is 0 Å². The third-order valence-corrected chi connectivity index (χ3v) is 2.57. The number of anilines is 1. The monoisotopic (exact) mass is 297 g/mol. The van der Waals surface area contributed by atoms with Gasteiger partial charge in [0.05, 0.1) is 5.60 Å². The lowest BCUT2D eigenvalue weighted by atomic mass is 10.2. The number of benzene rings is 1. The summed E-state index contributed by atoms with van der Waals surface area (Å²) in [6.07, 6.45) is 1.09. The molecule has 0 aromatic heterocycles. The molecule has 0 bridgehead atoms. The number of carbonyl (C=O) groups is 1. The molecule has 0 heterocycles. The van der Waals surface area contributed by atoms with Crippen LogP contribution < -0.4 is 10.1 Å². The Balaban J connectivity index is 2.28. The van der Waals surface area contributed by atoms with E-state index in [9.17, 15) is 9.18 Å². The number of halogens is 1. The Kier molecular flexibility index (Phi) is 7.15. The summed E-state index contributed by atoms with van der Waals surface area (Å²) in [5.74, 6) is 0.536. The molecule has 0 saturated heterocycles. The van der Waals surface area contributed by atoms with Crippen molar-refractivity contribution in [3.8, 4) is 5.75 Å². The maximum Gasteiger partial charge on any atom is 0.224 e. The van der Waals surface area contributed by atoms with E-state index in [1.165, 1.54) is 0 Å². The van der Waals surface area contributed by atoms with Gasteiger partial charge in [-0.25, -0.2) is 4.39 Å². The van der Waals surface area contributed by atoms with Crippen LogP contribution in [0.3, 0.4) is 0 Å². The van der Waals surface area contributed by atoms with Crippen LogP contribution in [0.25, 0.3) is 0 Å². The maximum absolute atomic E-state index is 12.0. The van der Waals surface area contributed by atoms with Crippen LogP contribution in [0.2, 0.25) is 0 Å². The third-order valence-electron chi connectivity index (χ3n) is 2.57. The Bertz CT molecular complexity index is 426. The first-order valence-corrected chi connectivity index (χ1v) is 7.13. The normalized spacial score (nSPS) is 11.2. The molecule has 0 fully saturated rings. The van der Waals surface area contributed by atoms with Gasteiger partial charge in [-0.2, -0.15) is 0 Å². The van der Waals surface area contributed by atoms with E-state index in [-0.39, 0.29) is 18.1 Å². The van der Waals surface area contributed by atoms with Crippen LogP contribution in [-0.2, 0) is 9.53 Å². The fourth-order valence-electron chi connectivity index (χ4n) is 1.63.